The van der Waals surface area contributed by atoms with Gasteiger partial charge in [0, 0.05) is 32.7 Å². The van der Waals surface area contributed by atoms with Crippen LogP contribution in [0.5, 0.6) is 6.01 Å². The Morgan fingerprint density at radius 3 is 2.76 bits per heavy atom. The van der Waals surface area contributed by atoms with Gasteiger partial charge in [-0.25, -0.2) is 4.79 Å². The van der Waals surface area contributed by atoms with Crippen LogP contribution < -0.4 is 4.74 Å². The Hall–Kier alpha value is -2.28. The SMILES string of the molecule is O=C(O)N1CCN(CCOc2nc3ccccc3[nH]2)CC1. The van der Waals surface area contributed by atoms with Gasteiger partial charge < -0.3 is 19.7 Å². The molecule has 1 fully saturated rings. The minimum Gasteiger partial charge on any atom is -0.465 e. The molecule has 1 aliphatic heterocycles. The maximum absolute atomic E-state index is 10.8. The van der Waals surface area contributed by atoms with E-state index in [1.54, 1.807) is 0 Å². The number of aromatic amines is 1. The van der Waals surface area contributed by atoms with E-state index in [1.165, 1.54) is 4.90 Å². The number of hydrogen-bond donors (Lipinski definition) is 2. The summed E-state index contributed by atoms with van der Waals surface area (Å²) < 4.78 is 5.63. The van der Waals surface area contributed by atoms with Crippen molar-refractivity contribution in [2.24, 2.45) is 0 Å². The van der Waals surface area contributed by atoms with Gasteiger partial charge >= 0.3 is 6.09 Å². The molecule has 3 rings (SSSR count). The first-order valence-corrected chi connectivity index (χ1v) is 7.00. The summed E-state index contributed by atoms with van der Waals surface area (Å²) in [5, 5.41) is 8.89. The summed E-state index contributed by atoms with van der Waals surface area (Å²) in [4.78, 5) is 21.9. The monoisotopic (exact) mass is 290 g/mol. The number of aromatic nitrogens is 2. The van der Waals surface area contributed by atoms with Crippen LogP contribution >= 0.6 is 0 Å². The number of imidazole rings is 1. The van der Waals surface area contributed by atoms with Gasteiger partial charge in [-0.3, -0.25) is 4.90 Å². The van der Waals surface area contributed by atoms with Crippen LogP contribution in [-0.2, 0) is 0 Å². The number of nitrogens with one attached hydrogen (secondary N) is 1. The molecule has 0 bridgehead atoms. The number of benzene rings is 1. The van der Waals surface area contributed by atoms with E-state index < -0.39 is 6.09 Å². The van der Waals surface area contributed by atoms with E-state index in [2.05, 4.69) is 14.9 Å². The molecule has 1 amide bonds. The number of nitrogens with zero attached hydrogens (tertiary/aromatic N) is 3. The number of piperazine rings is 1. The molecular formula is C14H18N4O3. The predicted octanol–water partition coefficient (Wildman–Crippen LogP) is 1.24. The molecule has 2 aromatic rings. The number of amides is 1. The molecule has 1 aliphatic rings. The zero-order chi connectivity index (χ0) is 14.7. The van der Waals surface area contributed by atoms with Crippen LogP contribution in [0.25, 0.3) is 11.0 Å². The number of ether oxygens (including phenoxy) is 1. The summed E-state index contributed by atoms with van der Waals surface area (Å²) in [6.45, 7) is 3.91. The van der Waals surface area contributed by atoms with E-state index in [0.29, 0.717) is 25.7 Å². The first-order chi connectivity index (χ1) is 10.2. The zero-order valence-electron chi connectivity index (χ0n) is 11.7. The largest absolute Gasteiger partial charge is 0.465 e. The molecule has 1 saturated heterocycles. The third-order valence-corrected chi connectivity index (χ3v) is 3.66. The minimum atomic E-state index is -0.840. The van der Waals surface area contributed by atoms with Crippen molar-refractivity contribution in [3.8, 4) is 6.01 Å². The highest BCUT2D eigenvalue weighted by Crippen LogP contribution is 2.14. The van der Waals surface area contributed by atoms with Gasteiger partial charge in [-0.2, -0.15) is 4.98 Å². The first-order valence-electron chi connectivity index (χ1n) is 7.00. The molecule has 7 heteroatoms. The second-order valence-corrected chi connectivity index (χ2v) is 5.02. The van der Waals surface area contributed by atoms with Crippen molar-refractivity contribution in [2.45, 2.75) is 0 Å². The van der Waals surface area contributed by atoms with Crippen molar-refractivity contribution in [2.75, 3.05) is 39.3 Å². The number of para-hydroxylation sites is 2. The maximum Gasteiger partial charge on any atom is 0.407 e. The number of fused-ring (bicyclic) bond motifs is 1. The van der Waals surface area contributed by atoms with Crippen LogP contribution in [-0.4, -0.2) is 70.3 Å². The van der Waals surface area contributed by atoms with Crippen LogP contribution in [0.1, 0.15) is 0 Å². The van der Waals surface area contributed by atoms with E-state index in [0.717, 1.165) is 30.7 Å². The minimum absolute atomic E-state index is 0.528. The fourth-order valence-corrected chi connectivity index (χ4v) is 2.43. The van der Waals surface area contributed by atoms with Gasteiger partial charge in [0.2, 0.25) is 0 Å². The van der Waals surface area contributed by atoms with Crippen LogP contribution in [0.3, 0.4) is 0 Å². The average molecular weight is 290 g/mol. The fraction of sp³-hybridized carbons (Fsp3) is 0.429. The molecule has 0 atom stereocenters. The standard InChI is InChI=1S/C14H18N4O3/c19-14(20)18-7-5-17(6-8-18)9-10-21-13-15-11-3-1-2-4-12(11)16-13/h1-4H,5-10H2,(H,15,16)(H,19,20). The molecule has 0 radical (unpaired) electrons. The molecule has 0 spiro atoms. The second-order valence-electron chi connectivity index (χ2n) is 5.02. The van der Waals surface area contributed by atoms with Crippen molar-refractivity contribution in [3.63, 3.8) is 0 Å². The highest BCUT2D eigenvalue weighted by atomic mass is 16.5. The molecular weight excluding hydrogens is 272 g/mol. The maximum atomic E-state index is 10.8. The number of rotatable bonds is 4. The van der Waals surface area contributed by atoms with Gasteiger partial charge in [0.1, 0.15) is 6.61 Å². The summed E-state index contributed by atoms with van der Waals surface area (Å²) in [5.74, 6) is 0. The van der Waals surface area contributed by atoms with Gasteiger partial charge in [0.15, 0.2) is 0 Å². The van der Waals surface area contributed by atoms with Gasteiger partial charge in [0.05, 0.1) is 11.0 Å². The second kappa shape index (κ2) is 6.01. The Morgan fingerprint density at radius 1 is 1.29 bits per heavy atom. The molecule has 112 valence electrons. The summed E-state index contributed by atoms with van der Waals surface area (Å²) >= 11 is 0. The summed E-state index contributed by atoms with van der Waals surface area (Å²) in [7, 11) is 0. The Morgan fingerprint density at radius 2 is 2.05 bits per heavy atom. The lowest BCUT2D eigenvalue weighted by atomic mass is 10.3. The van der Waals surface area contributed by atoms with E-state index in [9.17, 15) is 4.79 Å². The molecule has 2 N–H and O–H groups in total. The van der Waals surface area contributed by atoms with Gasteiger partial charge in [-0.05, 0) is 12.1 Å². The molecule has 1 aromatic carbocycles. The Bertz CT molecular complexity index is 586. The van der Waals surface area contributed by atoms with Crippen molar-refractivity contribution in [1.29, 1.82) is 0 Å². The van der Waals surface area contributed by atoms with E-state index in [4.69, 9.17) is 9.84 Å². The molecule has 1 aromatic heterocycles. The smallest absolute Gasteiger partial charge is 0.407 e. The fourth-order valence-electron chi connectivity index (χ4n) is 2.43. The number of H-pyrrole nitrogens is 1. The third kappa shape index (κ3) is 3.25. The molecule has 0 unspecified atom stereocenters. The normalized spacial score (nSPS) is 16.3. The summed E-state index contributed by atoms with van der Waals surface area (Å²) in [6, 6.07) is 8.31. The molecule has 7 nitrogen and oxygen atoms in total. The van der Waals surface area contributed by atoms with Crippen LogP contribution in [0, 0.1) is 0 Å². The lowest BCUT2D eigenvalue weighted by Crippen LogP contribution is -2.49. The lowest BCUT2D eigenvalue weighted by Gasteiger charge is -2.32. The summed E-state index contributed by atoms with van der Waals surface area (Å²) in [6.07, 6.45) is -0.840. The van der Waals surface area contributed by atoms with Gasteiger partial charge in [-0.15, -0.1) is 0 Å². The van der Waals surface area contributed by atoms with Crippen molar-refractivity contribution >= 4 is 17.1 Å². The van der Waals surface area contributed by atoms with Crippen molar-refractivity contribution in [1.82, 2.24) is 19.8 Å². The first kappa shape index (κ1) is 13.7. The van der Waals surface area contributed by atoms with E-state index in [1.807, 2.05) is 24.3 Å². The van der Waals surface area contributed by atoms with Gasteiger partial charge in [-0.1, -0.05) is 12.1 Å². The zero-order valence-corrected chi connectivity index (χ0v) is 11.7. The Labute approximate surface area is 122 Å². The predicted molar refractivity (Wildman–Crippen MR) is 77.6 cm³/mol. The third-order valence-electron chi connectivity index (χ3n) is 3.66. The number of hydrogen-bond acceptors (Lipinski definition) is 4. The van der Waals surface area contributed by atoms with E-state index in [-0.39, 0.29) is 0 Å². The highest BCUT2D eigenvalue weighted by Gasteiger charge is 2.19. The highest BCUT2D eigenvalue weighted by molar-refractivity contribution is 5.75. The summed E-state index contributed by atoms with van der Waals surface area (Å²) in [5.41, 5.74) is 1.85. The number of carbonyl (C=O) groups is 1. The van der Waals surface area contributed by atoms with E-state index >= 15 is 0 Å². The van der Waals surface area contributed by atoms with Gasteiger partial charge in [0.25, 0.3) is 6.01 Å². The van der Waals surface area contributed by atoms with Crippen molar-refractivity contribution < 1.29 is 14.6 Å². The Kier molecular flexibility index (Phi) is 3.92. The quantitative estimate of drug-likeness (QED) is 0.885. The lowest BCUT2D eigenvalue weighted by molar-refractivity contribution is 0.0977. The van der Waals surface area contributed by atoms with Crippen LogP contribution in [0.2, 0.25) is 0 Å². The van der Waals surface area contributed by atoms with Crippen LogP contribution in [0.4, 0.5) is 4.79 Å². The topological polar surface area (TPSA) is 81.7 Å². The van der Waals surface area contributed by atoms with Crippen LogP contribution in [0.15, 0.2) is 24.3 Å². The Balaban J connectivity index is 1.45. The van der Waals surface area contributed by atoms with Crippen molar-refractivity contribution in [3.05, 3.63) is 24.3 Å². The number of carboxylic acid groups (broad SMARTS) is 1. The molecule has 2 heterocycles. The molecule has 0 saturated carbocycles. The molecule has 21 heavy (non-hydrogen) atoms. The molecule has 0 aliphatic carbocycles. The average Bonchev–Trinajstić information content (AvgIpc) is 2.90.